The second kappa shape index (κ2) is 6.92. The van der Waals surface area contributed by atoms with Gasteiger partial charge in [-0.1, -0.05) is 12.1 Å². The molecule has 25 heavy (non-hydrogen) atoms. The predicted molar refractivity (Wildman–Crippen MR) is 92.9 cm³/mol. The first-order valence-corrected chi connectivity index (χ1v) is 8.70. The Labute approximate surface area is 146 Å². The van der Waals surface area contributed by atoms with Crippen molar-refractivity contribution < 1.29 is 18.6 Å². The van der Waals surface area contributed by atoms with Crippen LogP contribution in [0.15, 0.2) is 36.4 Å². The summed E-state index contributed by atoms with van der Waals surface area (Å²) in [5.74, 6) is 2.85. The first-order valence-electron chi connectivity index (χ1n) is 8.70. The number of ether oxygens (including phenoxy) is 3. The van der Waals surface area contributed by atoms with Crippen molar-refractivity contribution >= 4 is 0 Å². The lowest BCUT2D eigenvalue weighted by atomic mass is 9.81. The lowest BCUT2D eigenvalue weighted by Gasteiger charge is -2.32. The van der Waals surface area contributed by atoms with E-state index in [0.717, 1.165) is 42.3 Å². The lowest BCUT2D eigenvalue weighted by Crippen LogP contribution is -2.38. The molecule has 0 aliphatic carbocycles. The van der Waals surface area contributed by atoms with Crippen molar-refractivity contribution in [2.45, 2.75) is 19.3 Å². The molecular formula is C20H22FNO3. The van der Waals surface area contributed by atoms with Crippen LogP contribution in [-0.2, 0) is 0 Å². The Balaban J connectivity index is 1.48. The van der Waals surface area contributed by atoms with Crippen molar-refractivity contribution in [1.82, 2.24) is 5.32 Å². The van der Waals surface area contributed by atoms with Crippen molar-refractivity contribution in [2.75, 3.05) is 26.5 Å². The van der Waals surface area contributed by atoms with Gasteiger partial charge in [0.15, 0.2) is 11.5 Å². The third kappa shape index (κ3) is 3.42. The number of nitrogens with one attached hydrogen (secondary N) is 1. The minimum atomic E-state index is -0.193. The molecule has 0 unspecified atom stereocenters. The van der Waals surface area contributed by atoms with Gasteiger partial charge in [0, 0.05) is 18.5 Å². The van der Waals surface area contributed by atoms with E-state index in [-0.39, 0.29) is 12.6 Å². The molecule has 0 radical (unpaired) electrons. The Bertz CT molecular complexity index is 747. The van der Waals surface area contributed by atoms with Gasteiger partial charge in [0.2, 0.25) is 6.79 Å². The lowest BCUT2D eigenvalue weighted by molar-refractivity contribution is 0.173. The fraction of sp³-hybridized carbons (Fsp3) is 0.400. The second-order valence-corrected chi connectivity index (χ2v) is 6.69. The molecule has 1 N–H and O–H groups in total. The van der Waals surface area contributed by atoms with Crippen LogP contribution < -0.4 is 19.5 Å². The zero-order chi connectivity index (χ0) is 17.2. The molecule has 2 atom stereocenters. The van der Waals surface area contributed by atoms with E-state index in [0.29, 0.717) is 18.4 Å². The maximum atomic E-state index is 13.2. The zero-order valence-corrected chi connectivity index (χ0v) is 14.3. The van der Waals surface area contributed by atoms with Crippen LogP contribution in [-0.4, -0.2) is 26.5 Å². The van der Waals surface area contributed by atoms with Crippen LogP contribution in [0.2, 0.25) is 0 Å². The van der Waals surface area contributed by atoms with Crippen LogP contribution in [0.3, 0.4) is 0 Å². The van der Waals surface area contributed by atoms with E-state index in [9.17, 15) is 4.39 Å². The molecular weight excluding hydrogens is 321 g/mol. The summed E-state index contributed by atoms with van der Waals surface area (Å²) in [5.41, 5.74) is 2.21. The Morgan fingerprint density at radius 3 is 2.72 bits per heavy atom. The quantitative estimate of drug-likeness (QED) is 0.920. The highest BCUT2D eigenvalue weighted by Gasteiger charge is 2.27. The van der Waals surface area contributed by atoms with Gasteiger partial charge in [-0.3, -0.25) is 0 Å². The van der Waals surface area contributed by atoms with Crippen LogP contribution in [0.25, 0.3) is 0 Å². The molecule has 0 spiro atoms. The van der Waals surface area contributed by atoms with Gasteiger partial charge in [-0.2, -0.15) is 0 Å². The number of rotatable bonds is 4. The minimum Gasteiger partial charge on any atom is -0.493 e. The summed E-state index contributed by atoms with van der Waals surface area (Å²) in [5, 5.41) is 3.44. The molecule has 1 saturated heterocycles. The topological polar surface area (TPSA) is 39.7 Å². The zero-order valence-electron chi connectivity index (χ0n) is 14.3. The molecule has 1 fully saturated rings. The van der Waals surface area contributed by atoms with Crippen molar-refractivity contribution in [2.24, 2.45) is 5.92 Å². The highest BCUT2D eigenvalue weighted by atomic mass is 19.1. The summed E-state index contributed by atoms with van der Waals surface area (Å²) >= 11 is 0. The Morgan fingerprint density at radius 2 is 1.92 bits per heavy atom. The monoisotopic (exact) mass is 343 g/mol. The molecule has 132 valence electrons. The van der Waals surface area contributed by atoms with Gasteiger partial charge in [-0.15, -0.1) is 0 Å². The summed E-state index contributed by atoms with van der Waals surface area (Å²) in [6.07, 6.45) is 1.03. The normalized spacial score (nSPS) is 22.0. The molecule has 2 aromatic carbocycles. The fourth-order valence-corrected chi connectivity index (χ4v) is 3.62. The average Bonchev–Trinajstić information content (AvgIpc) is 3.08. The van der Waals surface area contributed by atoms with Crippen LogP contribution in [0, 0.1) is 18.7 Å². The van der Waals surface area contributed by atoms with Gasteiger partial charge in [-0.25, -0.2) is 4.39 Å². The number of hydrogen-bond donors (Lipinski definition) is 1. The Morgan fingerprint density at radius 1 is 1.16 bits per heavy atom. The average molecular weight is 343 g/mol. The number of fused-ring (bicyclic) bond motifs is 1. The van der Waals surface area contributed by atoms with Gasteiger partial charge in [-0.05, 0) is 55.1 Å². The Kier molecular flexibility index (Phi) is 4.49. The molecule has 2 heterocycles. The van der Waals surface area contributed by atoms with Gasteiger partial charge >= 0.3 is 0 Å². The van der Waals surface area contributed by atoms with E-state index in [1.807, 2.05) is 31.2 Å². The van der Waals surface area contributed by atoms with Crippen molar-refractivity contribution in [3.63, 3.8) is 0 Å². The van der Waals surface area contributed by atoms with Crippen LogP contribution in [0.4, 0.5) is 4.39 Å². The highest BCUT2D eigenvalue weighted by Crippen LogP contribution is 2.38. The molecule has 0 bridgehead atoms. The summed E-state index contributed by atoms with van der Waals surface area (Å²) in [7, 11) is 0. The van der Waals surface area contributed by atoms with E-state index in [1.165, 1.54) is 17.7 Å². The summed E-state index contributed by atoms with van der Waals surface area (Å²) in [6.45, 7) is 4.74. The molecule has 2 aliphatic rings. The molecule has 4 nitrogen and oxygen atoms in total. The molecule has 5 heteroatoms. The van der Waals surface area contributed by atoms with E-state index in [4.69, 9.17) is 14.2 Å². The van der Waals surface area contributed by atoms with E-state index >= 15 is 0 Å². The third-order valence-electron chi connectivity index (χ3n) is 5.03. The van der Waals surface area contributed by atoms with E-state index < -0.39 is 0 Å². The van der Waals surface area contributed by atoms with Crippen LogP contribution >= 0.6 is 0 Å². The molecule has 4 rings (SSSR count). The Hall–Kier alpha value is -2.27. The second-order valence-electron chi connectivity index (χ2n) is 6.69. The predicted octanol–water partition coefficient (Wildman–Crippen LogP) is 3.63. The largest absolute Gasteiger partial charge is 0.493 e. The van der Waals surface area contributed by atoms with Crippen LogP contribution in [0.1, 0.15) is 23.5 Å². The number of benzene rings is 2. The summed E-state index contributed by atoms with van der Waals surface area (Å²) in [4.78, 5) is 0. The molecule has 0 aromatic heterocycles. The highest BCUT2D eigenvalue weighted by molar-refractivity contribution is 5.51. The SMILES string of the molecule is Cc1cc2c(cc1OC[C@H]1CNCC[C@@H]1c1ccc(F)cc1)OCO2. The van der Waals surface area contributed by atoms with Crippen molar-refractivity contribution in [1.29, 1.82) is 0 Å². The van der Waals surface area contributed by atoms with Crippen LogP contribution in [0.5, 0.6) is 17.2 Å². The van der Waals surface area contributed by atoms with E-state index in [2.05, 4.69) is 5.32 Å². The van der Waals surface area contributed by atoms with Gasteiger partial charge in [0.1, 0.15) is 11.6 Å². The number of piperidine rings is 1. The van der Waals surface area contributed by atoms with E-state index in [1.54, 1.807) is 0 Å². The summed E-state index contributed by atoms with van der Waals surface area (Å²) < 4.78 is 30.2. The third-order valence-corrected chi connectivity index (χ3v) is 5.03. The fourth-order valence-electron chi connectivity index (χ4n) is 3.62. The minimum absolute atomic E-state index is 0.193. The molecule has 2 aliphatic heterocycles. The standard InChI is InChI=1S/C20H22FNO3/c1-13-8-19-20(25-12-24-19)9-18(13)23-11-15-10-22-7-6-17(15)14-2-4-16(21)5-3-14/h2-5,8-9,15,17,22H,6-7,10-12H2,1H3/t15-,17-/m1/s1. The van der Waals surface area contributed by atoms with Crippen molar-refractivity contribution in [3.05, 3.63) is 53.3 Å². The molecule has 0 amide bonds. The first-order chi connectivity index (χ1) is 12.2. The molecule has 2 aromatic rings. The summed E-state index contributed by atoms with van der Waals surface area (Å²) in [6, 6.07) is 10.7. The first kappa shape index (κ1) is 16.2. The number of aryl methyl sites for hydroxylation is 1. The number of hydrogen-bond acceptors (Lipinski definition) is 4. The maximum absolute atomic E-state index is 13.2. The van der Waals surface area contributed by atoms with Gasteiger partial charge in [0.25, 0.3) is 0 Å². The maximum Gasteiger partial charge on any atom is 0.231 e. The van der Waals surface area contributed by atoms with Crippen molar-refractivity contribution in [3.8, 4) is 17.2 Å². The molecule has 0 saturated carbocycles. The van der Waals surface area contributed by atoms with Gasteiger partial charge < -0.3 is 19.5 Å². The smallest absolute Gasteiger partial charge is 0.231 e. The van der Waals surface area contributed by atoms with Gasteiger partial charge in [0.05, 0.1) is 6.61 Å². The number of halogens is 1.